The van der Waals surface area contributed by atoms with Crippen molar-refractivity contribution in [3.63, 3.8) is 0 Å². The van der Waals surface area contributed by atoms with Crippen LogP contribution in [0.25, 0.3) is 22.4 Å². The topological polar surface area (TPSA) is 76.1 Å². The van der Waals surface area contributed by atoms with Crippen molar-refractivity contribution in [2.24, 2.45) is 0 Å². The molecule has 0 bridgehead atoms. The lowest BCUT2D eigenvalue weighted by Crippen LogP contribution is -2.12. The second-order valence-corrected chi connectivity index (χ2v) is 10.8. The van der Waals surface area contributed by atoms with Crippen LogP contribution >= 0.6 is 11.3 Å². The van der Waals surface area contributed by atoms with E-state index in [1.807, 2.05) is 18.2 Å². The van der Waals surface area contributed by atoms with E-state index < -0.39 is 9.84 Å². The zero-order valence-corrected chi connectivity index (χ0v) is 20.0. The Balaban J connectivity index is 1.60. The van der Waals surface area contributed by atoms with E-state index in [1.165, 1.54) is 23.5 Å². The van der Waals surface area contributed by atoms with E-state index in [1.54, 1.807) is 12.1 Å². The van der Waals surface area contributed by atoms with Gasteiger partial charge in [0.05, 0.1) is 10.6 Å². The Kier molecular flexibility index (Phi) is 6.72. The molecule has 0 fully saturated rings. The van der Waals surface area contributed by atoms with Crippen molar-refractivity contribution in [2.45, 2.75) is 24.7 Å². The van der Waals surface area contributed by atoms with Crippen molar-refractivity contribution >= 4 is 32.2 Å². The van der Waals surface area contributed by atoms with E-state index in [0.29, 0.717) is 5.13 Å². The van der Waals surface area contributed by atoms with E-state index in [-0.39, 0.29) is 16.4 Å². The lowest BCUT2D eigenvalue weighted by Gasteiger charge is -2.05. The van der Waals surface area contributed by atoms with Crippen LogP contribution in [-0.2, 0) is 16.3 Å². The summed E-state index contributed by atoms with van der Waals surface area (Å²) in [5.41, 5.74) is 4.42. The van der Waals surface area contributed by atoms with Crippen LogP contribution in [0.1, 0.15) is 28.6 Å². The average Bonchev–Trinajstić information content (AvgIpc) is 3.21. The van der Waals surface area contributed by atoms with Crippen LogP contribution in [-0.4, -0.2) is 25.6 Å². The van der Waals surface area contributed by atoms with Gasteiger partial charge in [-0.15, -0.1) is 11.3 Å². The van der Waals surface area contributed by atoms with Crippen molar-refractivity contribution in [3.8, 4) is 22.4 Å². The van der Waals surface area contributed by atoms with Gasteiger partial charge in [-0.2, -0.15) is 0 Å². The number of carbonyl (C=O) groups excluding carboxylic acids is 1. The summed E-state index contributed by atoms with van der Waals surface area (Å²) >= 11 is 1.45. The van der Waals surface area contributed by atoms with E-state index >= 15 is 0 Å². The molecule has 0 aliphatic rings. The molecule has 0 spiro atoms. The minimum Gasteiger partial charge on any atom is -0.298 e. The number of sulfone groups is 1. The summed E-state index contributed by atoms with van der Waals surface area (Å²) in [6.07, 6.45) is 2.94. The summed E-state index contributed by atoms with van der Waals surface area (Å²) in [4.78, 5) is 18.7. The third-order valence-electron chi connectivity index (χ3n) is 5.18. The molecule has 168 valence electrons. The van der Waals surface area contributed by atoms with Gasteiger partial charge in [-0.25, -0.2) is 13.4 Å². The molecule has 0 unspecified atom stereocenters. The quantitative estimate of drug-likeness (QED) is 0.350. The molecule has 0 aliphatic heterocycles. The Morgan fingerprint density at radius 1 is 0.909 bits per heavy atom. The molecular formula is C26H24N2O3S2. The highest BCUT2D eigenvalue weighted by Crippen LogP contribution is 2.33. The molecule has 5 nitrogen and oxygen atoms in total. The number of hydrogen-bond donors (Lipinski definition) is 1. The Morgan fingerprint density at radius 2 is 1.58 bits per heavy atom. The summed E-state index contributed by atoms with van der Waals surface area (Å²) in [5, 5.41) is 3.33. The van der Waals surface area contributed by atoms with Gasteiger partial charge in [-0.3, -0.25) is 10.1 Å². The zero-order chi connectivity index (χ0) is 23.4. The third-order valence-corrected chi connectivity index (χ3v) is 7.33. The lowest BCUT2D eigenvalue weighted by molar-refractivity contribution is 0.102. The zero-order valence-electron chi connectivity index (χ0n) is 18.4. The summed E-state index contributed by atoms with van der Waals surface area (Å²) in [6, 6.07) is 24.5. The minimum absolute atomic E-state index is 0.111. The fraction of sp³-hybridized carbons (Fsp3) is 0.154. The summed E-state index contributed by atoms with van der Waals surface area (Å²) in [5.74, 6) is -0.386. The Hall–Kier alpha value is -3.29. The number of carbonyl (C=O) groups is 1. The van der Waals surface area contributed by atoms with Crippen molar-refractivity contribution in [2.75, 3.05) is 11.6 Å². The molecule has 0 saturated heterocycles. The number of amides is 1. The van der Waals surface area contributed by atoms with Crippen LogP contribution in [0.5, 0.6) is 0 Å². The number of nitrogens with zero attached hydrogens (tertiary/aromatic N) is 1. The maximum atomic E-state index is 12.8. The van der Waals surface area contributed by atoms with Crippen LogP contribution in [0.4, 0.5) is 5.13 Å². The maximum absolute atomic E-state index is 12.8. The molecule has 4 rings (SSSR count). The van der Waals surface area contributed by atoms with Gasteiger partial charge in [0.2, 0.25) is 0 Å². The number of nitrogens with one attached hydrogen (secondary N) is 1. The van der Waals surface area contributed by atoms with Gasteiger partial charge in [0.15, 0.2) is 15.0 Å². The number of aromatic nitrogens is 1. The highest BCUT2D eigenvalue weighted by atomic mass is 32.2. The molecule has 33 heavy (non-hydrogen) atoms. The molecule has 0 atom stereocenters. The first-order valence-electron chi connectivity index (χ1n) is 10.6. The Morgan fingerprint density at radius 3 is 2.24 bits per heavy atom. The summed E-state index contributed by atoms with van der Waals surface area (Å²) < 4.78 is 23.6. The van der Waals surface area contributed by atoms with Gasteiger partial charge in [0, 0.05) is 22.3 Å². The van der Waals surface area contributed by atoms with Crippen LogP contribution in [0.3, 0.4) is 0 Å². The van der Waals surface area contributed by atoms with E-state index in [2.05, 4.69) is 48.6 Å². The second kappa shape index (κ2) is 9.68. The largest absolute Gasteiger partial charge is 0.298 e. The van der Waals surface area contributed by atoms with E-state index in [0.717, 1.165) is 46.4 Å². The highest BCUT2D eigenvalue weighted by Gasteiger charge is 2.17. The van der Waals surface area contributed by atoms with Crippen molar-refractivity contribution < 1.29 is 13.2 Å². The minimum atomic E-state index is -3.39. The SMILES string of the molecule is CCCc1sc(NC(=O)c2cccc(S(C)(=O)=O)c2)nc1-c1ccc(-c2ccccc2)cc1. The first kappa shape index (κ1) is 22.9. The molecule has 4 aromatic rings. The molecule has 0 radical (unpaired) electrons. The number of benzene rings is 3. The predicted molar refractivity (Wildman–Crippen MR) is 134 cm³/mol. The first-order chi connectivity index (χ1) is 15.8. The second-order valence-electron chi connectivity index (χ2n) is 7.74. The smallest absolute Gasteiger partial charge is 0.257 e. The molecule has 1 heterocycles. The molecule has 1 aromatic heterocycles. The Labute approximate surface area is 198 Å². The molecule has 7 heteroatoms. The molecule has 0 aliphatic carbocycles. The van der Waals surface area contributed by atoms with Crippen LogP contribution < -0.4 is 5.32 Å². The predicted octanol–water partition coefficient (Wildman–Crippen LogP) is 6.09. The molecule has 1 N–H and O–H groups in total. The van der Waals surface area contributed by atoms with E-state index in [4.69, 9.17) is 4.98 Å². The van der Waals surface area contributed by atoms with Gasteiger partial charge in [0.25, 0.3) is 5.91 Å². The summed E-state index contributed by atoms with van der Waals surface area (Å²) in [6.45, 7) is 2.11. The standard InChI is InChI=1S/C26H24N2O3S2/c1-3-8-23-24(20-15-13-19(14-16-20)18-9-5-4-6-10-18)27-26(32-23)28-25(29)21-11-7-12-22(17-21)33(2,30)31/h4-7,9-17H,3,8H2,1-2H3,(H,27,28,29). The average molecular weight is 477 g/mol. The van der Waals surface area contributed by atoms with Gasteiger partial charge < -0.3 is 0 Å². The molecular weight excluding hydrogens is 452 g/mol. The fourth-order valence-corrected chi connectivity index (χ4v) is 5.26. The molecule has 0 saturated carbocycles. The molecule has 1 amide bonds. The van der Waals surface area contributed by atoms with Crippen molar-refractivity contribution in [1.82, 2.24) is 4.98 Å². The number of hydrogen-bond acceptors (Lipinski definition) is 5. The lowest BCUT2D eigenvalue weighted by atomic mass is 10.0. The highest BCUT2D eigenvalue weighted by molar-refractivity contribution is 7.90. The molecule has 3 aromatic carbocycles. The number of aryl methyl sites for hydroxylation is 1. The van der Waals surface area contributed by atoms with Crippen LogP contribution in [0, 0.1) is 0 Å². The fourth-order valence-electron chi connectivity index (χ4n) is 3.52. The monoisotopic (exact) mass is 476 g/mol. The van der Waals surface area contributed by atoms with Gasteiger partial charge >= 0.3 is 0 Å². The maximum Gasteiger partial charge on any atom is 0.257 e. The number of thiazole rings is 1. The van der Waals surface area contributed by atoms with Crippen molar-refractivity contribution in [3.05, 3.63) is 89.3 Å². The number of anilines is 1. The third kappa shape index (κ3) is 5.38. The van der Waals surface area contributed by atoms with Gasteiger partial charge in [-0.1, -0.05) is 74.0 Å². The van der Waals surface area contributed by atoms with Gasteiger partial charge in [0.1, 0.15) is 0 Å². The van der Waals surface area contributed by atoms with Crippen LogP contribution in [0.15, 0.2) is 83.8 Å². The summed E-state index contributed by atoms with van der Waals surface area (Å²) in [7, 11) is -3.39. The Bertz CT molecular complexity index is 1380. The number of rotatable bonds is 7. The van der Waals surface area contributed by atoms with E-state index in [9.17, 15) is 13.2 Å². The van der Waals surface area contributed by atoms with Crippen LogP contribution in [0.2, 0.25) is 0 Å². The normalized spacial score (nSPS) is 11.3. The first-order valence-corrected chi connectivity index (χ1v) is 13.3. The van der Waals surface area contributed by atoms with Crippen molar-refractivity contribution in [1.29, 1.82) is 0 Å². The van der Waals surface area contributed by atoms with Gasteiger partial charge in [-0.05, 0) is 35.7 Å².